The molecule has 2 rings (SSSR count). The van der Waals surface area contributed by atoms with Crippen LogP contribution in [0.15, 0.2) is 36.8 Å². The number of alkyl halides is 3. The summed E-state index contributed by atoms with van der Waals surface area (Å²) in [5.74, 6) is 0.394. The van der Waals surface area contributed by atoms with Gasteiger partial charge in [0.15, 0.2) is 0 Å². The summed E-state index contributed by atoms with van der Waals surface area (Å²) < 4.78 is 43.5. The van der Waals surface area contributed by atoms with E-state index in [0.717, 1.165) is 18.5 Å². The summed E-state index contributed by atoms with van der Waals surface area (Å²) >= 11 is 0. The Morgan fingerprint density at radius 3 is 2.57 bits per heavy atom. The summed E-state index contributed by atoms with van der Waals surface area (Å²) in [6, 6.07) is 4.07. The van der Waals surface area contributed by atoms with Gasteiger partial charge in [-0.1, -0.05) is 6.07 Å². The Labute approximate surface area is 119 Å². The molecule has 7 heteroatoms. The van der Waals surface area contributed by atoms with Gasteiger partial charge in [-0.15, -0.1) is 0 Å². The highest BCUT2D eigenvalue weighted by Crippen LogP contribution is 2.34. The number of rotatable bonds is 4. The largest absolute Gasteiger partial charge is 0.481 e. The van der Waals surface area contributed by atoms with Crippen LogP contribution >= 0.6 is 0 Å². The number of pyridine rings is 2. The Kier molecular flexibility index (Phi) is 4.42. The third kappa shape index (κ3) is 3.69. The van der Waals surface area contributed by atoms with Crippen LogP contribution in [-0.2, 0) is 12.6 Å². The fourth-order valence-electron chi connectivity index (χ4n) is 1.92. The molecule has 4 nitrogen and oxygen atoms in total. The lowest BCUT2D eigenvalue weighted by Crippen LogP contribution is -2.13. The predicted octanol–water partition coefficient (Wildman–Crippen LogP) is 2.78. The van der Waals surface area contributed by atoms with Crippen molar-refractivity contribution in [1.29, 1.82) is 0 Å². The fourth-order valence-corrected chi connectivity index (χ4v) is 1.92. The summed E-state index contributed by atoms with van der Waals surface area (Å²) in [6.45, 7) is 0. The molecule has 0 aliphatic heterocycles. The van der Waals surface area contributed by atoms with Crippen LogP contribution in [0.25, 0.3) is 0 Å². The topological polar surface area (TPSA) is 55.2 Å². The van der Waals surface area contributed by atoms with Crippen LogP contribution in [0.5, 0.6) is 5.88 Å². The van der Waals surface area contributed by atoms with Gasteiger partial charge in [0.1, 0.15) is 0 Å². The van der Waals surface area contributed by atoms with E-state index < -0.39 is 17.8 Å². The second kappa shape index (κ2) is 6.09. The van der Waals surface area contributed by atoms with Gasteiger partial charge in [-0.3, -0.25) is 4.98 Å². The van der Waals surface area contributed by atoms with Gasteiger partial charge >= 0.3 is 6.18 Å². The van der Waals surface area contributed by atoms with Crippen LogP contribution < -0.4 is 4.74 Å². The zero-order valence-electron chi connectivity index (χ0n) is 11.1. The third-order valence-corrected chi connectivity index (χ3v) is 2.95. The molecule has 21 heavy (non-hydrogen) atoms. The van der Waals surface area contributed by atoms with Crippen molar-refractivity contribution in [1.82, 2.24) is 9.97 Å². The maximum absolute atomic E-state index is 12.9. The van der Waals surface area contributed by atoms with Crippen molar-refractivity contribution in [3.8, 4) is 5.88 Å². The second-order valence-electron chi connectivity index (χ2n) is 4.39. The molecule has 2 aromatic rings. The molecule has 1 N–H and O–H groups in total. The van der Waals surface area contributed by atoms with E-state index in [0.29, 0.717) is 11.4 Å². The van der Waals surface area contributed by atoms with Crippen LogP contribution in [0.4, 0.5) is 13.2 Å². The Bertz CT molecular complexity index is 600. The van der Waals surface area contributed by atoms with Gasteiger partial charge in [0.2, 0.25) is 5.88 Å². The molecule has 2 aromatic heterocycles. The normalized spacial score (nSPS) is 13.0. The zero-order chi connectivity index (χ0) is 15.5. The van der Waals surface area contributed by atoms with Gasteiger partial charge < -0.3 is 9.84 Å². The maximum Gasteiger partial charge on any atom is 0.416 e. The molecule has 2 heterocycles. The summed E-state index contributed by atoms with van der Waals surface area (Å²) in [6.07, 6.45) is -2.31. The molecule has 0 spiro atoms. The first-order valence-electron chi connectivity index (χ1n) is 6.10. The number of nitrogens with zero attached hydrogens (tertiary/aromatic N) is 2. The highest BCUT2D eigenvalue weighted by Gasteiger charge is 2.34. The number of ether oxygens (including phenoxy) is 1. The highest BCUT2D eigenvalue weighted by molar-refractivity contribution is 5.30. The molecule has 0 aliphatic rings. The number of methoxy groups -OCH3 is 1. The first-order chi connectivity index (χ1) is 9.91. The molecule has 0 amide bonds. The van der Waals surface area contributed by atoms with Gasteiger partial charge in [-0.25, -0.2) is 4.98 Å². The number of halogens is 3. The van der Waals surface area contributed by atoms with E-state index in [2.05, 4.69) is 9.97 Å². The van der Waals surface area contributed by atoms with Crippen LogP contribution in [0.3, 0.4) is 0 Å². The first-order valence-corrected chi connectivity index (χ1v) is 6.10. The minimum atomic E-state index is -4.53. The van der Waals surface area contributed by atoms with Gasteiger partial charge in [0, 0.05) is 36.6 Å². The van der Waals surface area contributed by atoms with Crippen LogP contribution in [0.2, 0.25) is 0 Å². The fraction of sp³-hybridized carbons (Fsp3) is 0.286. The van der Waals surface area contributed by atoms with Gasteiger partial charge in [0.05, 0.1) is 18.8 Å². The van der Waals surface area contributed by atoms with Crippen molar-refractivity contribution in [2.75, 3.05) is 7.11 Å². The minimum Gasteiger partial charge on any atom is -0.481 e. The number of aliphatic hydroxyl groups is 1. The maximum atomic E-state index is 12.9. The minimum absolute atomic E-state index is 0.00572. The van der Waals surface area contributed by atoms with Gasteiger partial charge in [-0.2, -0.15) is 13.2 Å². The van der Waals surface area contributed by atoms with Crippen LogP contribution in [0.1, 0.15) is 22.8 Å². The SMILES string of the molecule is COc1ccc(CC(O)c2cnccc2C(F)(F)F)cn1. The Morgan fingerprint density at radius 2 is 2.00 bits per heavy atom. The molecule has 0 aromatic carbocycles. The van der Waals surface area contributed by atoms with E-state index >= 15 is 0 Å². The summed E-state index contributed by atoms with van der Waals surface area (Å²) in [5.41, 5.74) is -0.535. The molecule has 0 saturated heterocycles. The van der Waals surface area contributed by atoms with Crippen molar-refractivity contribution < 1.29 is 23.0 Å². The van der Waals surface area contributed by atoms with Crippen LogP contribution in [-0.4, -0.2) is 22.2 Å². The monoisotopic (exact) mass is 298 g/mol. The Hall–Kier alpha value is -2.15. The molecule has 0 aliphatic carbocycles. The smallest absolute Gasteiger partial charge is 0.416 e. The van der Waals surface area contributed by atoms with E-state index in [4.69, 9.17) is 4.74 Å². The quantitative estimate of drug-likeness (QED) is 0.943. The standard InChI is InChI=1S/C14H13F3N2O2/c1-21-13-3-2-9(7-19-13)6-12(20)10-8-18-5-4-11(10)14(15,16)17/h2-5,7-8,12,20H,6H2,1H3. The van der Waals surface area contributed by atoms with E-state index in [-0.39, 0.29) is 12.0 Å². The van der Waals surface area contributed by atoms with E-state index in [1.54, 1.807) is 12.1 Å². The summed E-state index contributed by atoms with van der Waals surface area (Å²) in [5, 5.41) is 10.0. The molecule has 0 bridgehead atoms. The molecule has 1 unspecified atom stereocenters. The average molecular weight is 298 g/mol. The Morgan fingerprint density at radius 1 is 1.24 bits per heavy atom. The molecular weight excluding hydrogens is 285 g/mol. The van der Waals surface area contributed by atoms with Crippen molar-refractivity contribution in [2.24, 2.45) is 0 Å². The summed E-state index contributed by atoms with van der Waals surface area (Å²) in [4.78, 5) is 7.60. The molecule has 0 saturated carbocycles. The van der Waals surface area contributed by atoms with E-state index in [9.17, 15) is 18.3 Å². The molecular formula is C14H13F3N2O2. The molecule has 1 atom stereocenters. The lowest BCUT2D eigenvalue weighted by atomic mass is 9.99. The third-order valence-electron chi connectivity index (χ3n) is 2.95. The number of aliphatic hydroxyl groups excluding tert-OH is 1. The molecule has 0 fully saturated rings. The van der Waals surface area contributed by atoms with Crippen molar-refractivity contribution in [3.05, 3.63) is 53.5 Å². The van der Waals surface area contributed by atoms with Crippen molar-refractivity contribution >= 4 is 0 Å². The predicted molar refractivity (Wildman–Crippen MR) is 68.7 cm³/mol. The van der Waals surface area contributed by atoms with Gasteiger partial charge in [0.25, 0.3) is 0 Å². The molecule has 112 valence electrons. The van der Waals surface area contributed by atoms with E-state index in [1.165, 1.54) is 13.3 Å². The lowest BCUT2D eigenvalue weighted by molar-refractivity contribution is -0.139. The van der Waals surface area contributed by atoms with Gasteiger partial charge in [-0.05, 0) is 11.6 Å². The number of aromatic nitrogens is 2. The van der Waals surface area contributed by atoms with E-state index in [1.807, 2.05) is 0 Å². The van der Waals surface area contributed by atoms with Crippen molar-refractivity contribution in [3.63, 3.8) is 0 Å². The number of hydrogen-bond acceptors (Lipinski definition) is 4. The lowest BCUT2D eigenvalue weighted by Gasteiger charge is -2.16. The first kappa shape index (κ1) is 15.2. The molecule has 0 radical (unpaired) electrons. The summed E-state index contributed by atoms with van der Waals surface area (Å²) in [7, 11) is 1.46. The van der Waals surface area contributed by atoms with Crippen molar-refractivity contribution in [2.45, 2.75) is 18.7 Å². The average Bonchev–Trinajstić information content (AvgIpc) is 2.47. The second-order valence-corrected chi connectivity index (χ2v) is 4.39. The number of hydrogen-bond donors (Lipinski definition) is 1. The highest BCUT2D eigenvalue weighted by atomic mass is 19.4. The zero-order valence-corrected chi connectivity index (χ0v) is 11.1. The van der Waals surface area contributed by atoms with Crippen LogP contribution in [0, 0.1) is 0 Å². The Balaban J connectivity index is 2.22.